The summed E-state index contributed by atoms with van der Waals surface area (Å²) in [4.78, 5) is 9.20. The van der Waals surface area contributed by atoms with Crippen LogP contribution >= 0.6 is 0 Å². The third kappa shape index (κ3) is 2.06. The Balaban J connectivity index is 1.98. The van der Waals surface area contributed by atoms with Gasteiger partial charge in [-0.3, -0.25) is 4.57 Å². The van der Waals surface area contributed by atoms with E-state index in [1.54, 1.807) is 18.3 Å². The first-order valence-corrected chi connectivity index (χ1v) is 7.03. The third-order valence-corrected chi connectivity index (χ3v) is 3.82. The van der Waals surface area contributed by atoms with Crippen molar-refractivity contribution >= 4 is 11.2 Å². The number of ether oxygens (including phenoxy) is 1. The van der Waals surface area contributed by atoms with Crippen molar-refractivity contribution < 1.29 is 9.84 Å². The van der Waals surface area contributed by atoms with E-state index in [0.717, 1.165) is 35.7 Å². The van der Waals surface area contributed by atoms with E-state index in [1.165, 1.54) is 0 Å². The molecule has 106 valence electrons. The lowest BCUT2D eigenvalue weighted by Crippen LogP contribution is -2.08. The standard InChI is InChI=1S/C16H15N3O2/c20-13-4-1-3-12(9-13)19-15(11-6-8-21-10-11)18-14-5-2-7-17-16(14)19/h1-5,7,9,11,20H,6,8,10H2. The van der Waals surface area contributed by atoms with Crippen molar-refractivity contribution in [2.45, 2.75) is 12.3 Å². The zero-order chi connectivity index (χ0) is 14.2. The molecule has 1 unspecified atom stereocenters. The number of fused-ring (bicyclic) bond motifs is 1. The largest absolute Gasteiger partial charge is 0.508 e. The highest BCUT2D eigenvalue weighted by molar-refractivity contribution is 5.74. The van der Waals surface area contributed by atoms with Crippen LogP contribution in [0.3, 0.4) is 0 Å². The Morgan fingerprint density at radius 2 is 2.19 bits per heavy atom. The van der Waals surface area contributed by atoms with Crippen LogP contribution in [0.5, 0.6) is 5.75 Å². The second-order valence-electron chi connectivity index (χ2n) is 5.23. The predicted octanol–water partition coefficient (Wildman–Crippen LogP) is 2.63. The summed E-state index contributed by atoms with van der Waals surface area (Å²) >= 11 is 0. The average molecular weight is 281 g/mol. The molecule has 1 aromatic carbocycles. The topological polar surface area (TPSA) is 60.2 Å². The highest BCUT2D eigenvalue weighted by Crippen LogP contribution is 2.30. The van der Waals surface area contributed by atoms with Gasteiger partial charge in [0.1, 0.15) is 17.1 Å². The van der Waals surface area contributed by atoms with Gasteiger partial charge >= 0.3 is 0 Å². The van der Waals surface area contributed by atoms with Crippen LogP contribution in [0.1, 0.15) is 18.2 Å². The van der Waals surface area contributed by atoms with Crippen LogP contribution in [0.2, 0.25) is 0 Å². The number of hydrogen-bond acceptors (Lipinski definition) is 4. The highest BCUT2D eigenvalue weighted by Gasteiger charge is 2.25. The molecule has 1 aliphatic rings. The van der Waals surface area contributed by atoms with E-state index >= 15 is 0 Å². The van der Waals surface area contributed by atoms with Gasteiger partial charge in [-0.15, -0.1) is 0 Å². The molecule has 1 fully saturated rings. The molecule has 21 heavy (non-hydrogen) atoms. The van der Waals surface area contributed by atoms with Crippen molar-refractivity contribution in [2.75, 3.05) is 13.2 Å². The molecule has 0 spiro atoms. The Labute approximate surface area is 121 Å². The number of pyridine rings is 1. The molecule has 3 heterocycles. The molecule has 0 bridgehead atoms. The maximum atomic E-state index is 9.76. The number of phenols is 1. The highest BCUT2D eigenvalue weighted by atomic mass is 16.5. The number of phenolic OH excluding ortho intramolecular Hbond substituents is 1. The fourth-order valence-corrected chi connectivity index (χ4v) is 2.83. The minimum absolute atomic E-state index is 0.235. The predicted molar refractivity (Wildman–Crippen MR) is 78.7 cm³/mol. The summed E-state index contributed by atoms with van der Waals surface area (Å²) in [7, 11) is 0. The normalized spacial score (nSPS) is 18.4. The van der Waals surface area contributed by atoms with E-state index in [1.807, 2.05) is 28.8 Å². The van der Waals surface area contributed by atoms with E-state index in [2.05, 4.69) is 4.98 Å². The van der Waals surface area contributed by atoms with E-state index in [-0.39, 0.29) is 11.7 Å². The van der Waals surface area contributed by atoms with E-state index in [4.69, 9.17) is 9.72 Å². The molecule has 1 atom stereocenters. The molecule has 0 aliphatic carbocycles. The second kappa shape index (κ2) is 4.86. The molecule has 4 rings (SSSR count). The lowest BCUT2D eigenvalue weighted by Gasteiger charge is -2.12. The number of aromatic hydroxyl groups is 1. The summed E-state index contributed by atoms with van der Waals surface area (Å²) in [5, 5.41) is 9.76. The summed E-state index contributed by atoms with van der Waals surface area (Å²) in [6.45, 7) is 1.45. The summed E-state index contributed by atoms with van der Waals surface area (Å²) in [5.41, 5.74) is 2.55. The zero-order valence-corrected chi connectivity index (χ0v) is 11.4. The maximum Gasteiger partial charge on any atom is 0.164 e. The van der Waals surface area contributed by atoms with Crippen molar-refractivity contribution in [3.8, 4) is 11.4 Å². The lowest BCUT2D eigenvalue weighted by atomic mass is 10.1. The van der Waals surface area contributed by atoms with Gasteiger partial charge in [-0.25, -0.2) is 9.97 Å². The first kappa shape index (κ1) is 12.3. The van der Waals surface area contributed by atoms with Gasteiger partial charge in [-0.1, -0.05) is 6.07 Å². The molecule has 0 radical (unpaired) electrons. The molecule has 1 saturated heterocycles. The van der Waals surface area contributed by atoms with Gasteiger partial charge in [0, 0.05) is 24.8 Å². The third-order valence-electron chi connectivity index (χ3n) is 3.82. The number of hydrogen-bond donors (Lipinski definition) is 1. The van der Waals surface area contributed by atoms with Crippen molar-refractivity contribution in [3.63, 3.8) is 0 Å². The number of rotatable bonds is 2. The van der Waals surface area contributed by atoms with Gasteiger partial charge in [0.25, 0.3) is 0 Å². The van der Waals surface area contributed by atoms with E-state index in [0.29, 0.717) is 6.61 Å². The fraction of sp³-hybridized carbons (Fsp3) is 0.250. The van der Waals surface area contributed by atoms with Crippen LogP contribution < -0.4 is 0 Å². The van der Waals surface area contributed by atoms with Crippen LogP contribution in [0, 0.1) is 0 Å². The SMILES string of the molecule is Oc1cccc(-n2c(C3CCOC3)nc3cccnc32)c1. The molecule has 2 aromatic heterocycles. The van der Waals surface area contributed by atoms with Crippen molar-refractivity contribution in [3.05, 3.63) is 48.4 Å². The van der Waals surface area contributed by atoms with Gasteiger partial charge in [0.15, 0.2) is 5.65 Å². The monoisotopic (exact) mass is 281 g/mol. The van der Waals surface area contributed by atoms with Crippen LogP contribution in [-0.2, 0) is 4.74 Å². The molecular weight excluding hydrogens is 266 g/mol. The second-order valence-corrected chi connectivity index (χ2v) is 5.23. The first-order valence-electron chi connectivity index (χ1n) is 7.03. The van der Waals surface area contributed by atoms with Gasteiger partial charge in [-0.05, 0) is 30.7 Å². The van der Waals surface area contributed by atoms with Crippen LogP contribution in [-0.4, -0.2) is 32.9 Å². The number of imidazole rings is 1. The van der Waals surface area contributed by atoms with Gasteiger partial charge in [-0.2, -0.15) is 0 Å². The smallest absolute Gasteiger partial charge is 0.164 e. The Morgan fingerprint density at radius 3 is 3.00 bits per heavy atom. The Morgan fingerprint density at radius 1 is 1.24 bits per heavy atom. The molecule has 1 N–H and O–H groups in total. The summed E-state index contributed by atoms with van der Waals surface area (Å²) in [5.74, 6) is 1.45. The van der Waals surface area contributed by atoms with Crippen LogP contribution in [0.4, 0.5) is 0 Å². The lowest BCUT2D eigenvalue weighted by molar-refractivity contribution is 0.193. The van der Waals surface area contributed by atoms with Gasteiger partial charge in [0.05, 0.1) is 12.3 Å². The van der Waals surface area contributed by atoms with E-state index < -0.39 is 0 Å². The minimum Gasteiger partial charge on any atom is -0.508 e. The van der Waals surface area contributed by atoms with Crippen LogP contribution in [0.15, 0.2) is 42.6 Å². The number of nitrogens with zero attached hydrogens (tertiary/aromatic N) is 3. The Kier molecular flexibility index (Phi) is 2.86. The molecule has 0 saturated carbocycles. The number of aromatic nitrogens is 3. The summed E-state index contributed by atoms with van der Waals surface area (Å²) in [6, 6.07) is 11.0. The molecule has 5 heteroatoms. The van der Waals surface area contributed by atoms with Crippen molar-refractivity contribution in [2.24, 2.45) is 0 Å². The van der Waals surface area contributed by atoms with Gasteiger partial charge < -0.3 is 9.84 Å². The average Bonchev–Trinajstić information content (AvgIpc) is 3.14. The Hall–Kier alpha value is -2.40. The molecular formula is C16H15N3O2. The van der Waals surface area contributed by atoms with Crippen LogP contribution in [0.25, 0.3) is 16.9 Å². The maximum absolute atomic E-state index is 9.76. The molecule has 1 aliphatic heterocycles. The molecule has 3 aromatic rings. The quantitative estimate of drug-likeness (QED) is 0.784. The first-order chi connectivity index (χ1) is 10.3. The Bertz CT molecular complexity index is 791. The number of benzene rings is 1. The fourth-order valence-electron chi connectivity index (χ4n) is 2.83. The van der Waals surface area contributed by atoms with Crippen molar-refractivity contribution in [1.29, 1.82) is 0 Å². The summed E-state index contributed by atoms with van der Waals surface area (Å²) in [6.07, 6.45) is 2.72. The minimum atomic E-state index is 0.235. The molecule has 5 nitrogen and oxygen atoms in total. The van der Waals surface area contributed by atoms with Crippen molar-refractivity contribution in [1.82, 2.24) is 14.5 Å². The molecule has 0 amide bonds. The summed E-state index contributed by atoms with van der Waals surface area (Å²) < 4.78 is 7.52. The zero-order valence-electron chi connectivity index (χ0n) is 11.4. The van der Waals surface area contributed by atoms with Gasteiger partial charge in [0.2, 0.25) is 0 Å². The van der Waals surface area contributed by atoms with E-state index in [9.17, 15) is 5.11 Å².